The average Bonchev–Trinajstić information content (AvgIpc) is 2.60. The number of hydrogen-bond donors (Lipinski definition) is 1. The zero-order valence-electron chi connectivity index (χ0n) is 13.1. The van der Waals surface area contributed by atoms with E-state index in [0.717, 1.165) is 4.47 Å². The van der Waals surface area contributed by atoms with Gasteiger partial charge in [-0.15, -0.1) is 0 Å². The molecule has 2 rings (SSSR count). The van der Waals surface area contributed by atoms with Crippen molar-refractivity contribution < 1.29 is 13.9 Å². The molecule has 0 aliphatic heterocycles. The Kier molecular flexibility index (Phi) is 6.49. The van der Waals surface area contributed by atoms with E-state index in [1.807, 2.05) is 6.07 Å². The third kappa shape index (κ3) is 5.03. The number of carbonyl (C=O) groups is 1. The number of para-hydroxylation sites is 1. The standard InChI is InChI=1S/C19H14BrFN2O2/c1-2-9-25-18-8-7-15(20)11-13(18)10-14(12-22)19(24)23-17-6-4-3-5-16(17)21/h2-8,10-11H,1,9H2,(H,23,24)/b14-10-. The van der Waals surface area contributed by atoms with Gasteiger partial charge in [-0.05, 0) is 36.4 Å². The van der Waals surface area contributed by atoms with Gasteiger partial charge in [0.15, 0.2) is 0 Å². The predicted octanol–water partition coefficient (Wildman–Crippen LogP) is 4.70. The third-order valence-corrected chi connectivity index (χ3v) is 3.61. The summed E-state index contributed by atoms with van der Waals surface area (Å²) >= 11 is 3.34. The maximum absolute atomic E-state index is 13.6. The van der Waals surface area contributed by atoms with Gasteiger partial charge in [0.25, 0.3) is 5.91 Å². The number of benzene rings is 2. The summed E-state index contributed by atoms with van der Waals surface area (Å²) in [5, 5.41) is 11.7. The molecule has 0 aromatic heterocycles. The van der Waals surface area contributed by atoms with Crippen LogP contribution in [0.1, 0.15) is 5.56 Å². The van der Waals surface area contributed by atoms with Crippen molar-refractivity contribution in [2.45, 2.75) is 0 Å². The van der Waals surface area contributed by atoms with Gasteiger partial charge in [-0.1, -0.05) is 40.7 Å². The average molecular weight is 401 g/mol. The maximum Gasteiger partial charge on any atom is 0.266 e. The van der Waals surface area contributed by atoms with E-state index in [1.54, 1.807) is 30.3 Å². The molecular formula is C19H14BrFN2O2. The molecule has 25 heavy (non-hydrogen) atoms. The Morgan fingerprint density at radius 2 is 2.12 bits per heavy atom. The molecule has 0 aliphatic carbocycles. The molecule has 4 nitrogen and oxygen atoms in total. The monoisotopic (exact) mass is 400 g/mol. The number of nitrogens with one attached hydrogen (secondary N) is 1. The highest BCUT2D eigenvalue weighted by Gasteiger charge is 2.13. The normalized spacial score (nSPS) is 10.7. The SMILES string of the molecule is C=CCOc1ccc(Br)cc1/C=C(/C#N)C(=O)Nc1ccccc1F. The van der Waals surface area contributed by atoms with E-state index in [-0.39, 0.29) is 17.9 Å². The molecule has 0 saturated heterocycles. The van der Waals surface area contributed by atoms with Gasteiger partial charge in [0.2, 0.25) is 0 Å². The van der Waals surface area contributed by atoms with Gasteiger partial charge < -0.3 is 10.1 Å². The molecule has 0 unspecified atom stereocenters. The fourth-order valence-corrected chi connectivity index (χ4v) is 2.35. The largest absolute Gasteiger partial charge is 0.489 e. The van der Waals surface area contributed by atoms with Crippen LogP contribution in [0.4, 0.5) is 10.1 Å². The maximum atomic E-state index is 13.6. The van der Waals surface area contributed by atoms with E-state index in [4.69, 9.17) is 4.74 Å². The highest BCUT2D eigenvalue weighted by atomic mass is 79.9. The Hall–Kier alpha value is -2.91. The second kappa shape index (κ2) is 8.81. The van der Waals surface area contributed by atoms with Gasteiger partial charge >= 0.3 is 0 Å². The number of halogens is 2. The van der Waals surface area contributed by atoms with Crippen molar-refractivity contribution in [3.8, 4) is 11.8 Å². The number of rotatable bonds is 6. The van der Waals surface area contributed by atoms with E-state index < -0.39 is 11.7 Å². The fourth-order valence-electron chi connectivity index (χ4n) is 1.97. The van der Waals surface area contributed by atoms with Gasteiger partial charge in [0.05, 0.1) is 5.69 Å². The zero-order chi connectivity index (χ0) is 18.2. The first-order valence-electron chi connectivity index (χ1n) is 7.26. The van der Waals surface area contributed by atoms with E-state index in [9.17, 15) is 14.4 Å². The summed E-state index contributed by atoms with van der Waals surface area (Å²) in [6.45, 7) is 3.87. The second-order valence-corrected chi connectivity index (χ2v) is 5.80. The molecule has 2 aromatic carbocycles. The van der Waals surface area contributed by atoms with Crippen molar-refractivity contribution in [3.63, 3.8) is 0 Å². The van der Waals surface area contributed by atoms with Gasteiger partial charge in [0.1, 0.15) is 29.8 Å². The van der Waals surface area contributed by atoms with Crippen molar-refractivity contribution in [2.75, 3.05) is 11.9 Å². The number of amides is 1. The Morgan fingerprint density at radius 3 is 2.80 bits per heavy atom. The first-order chi connectivity index (χ1) is 12.0. The Bertz CT molecular complexity index is 872. The minimum atomic E-state index is -0.706. The lowest BCUT2D eigenvalue weighted by molar-refractivity contribution is -0.112. The summed E-state index contributed by atoms with van der Waals surface area (Å²) in [6, 6.07) is 12.8. The quantitative estimate of drug-likeness (QED) is 0.434. The molecular weight excluding hydrogens is 387 g/mol. The van der Waals surface area contributed by atoms with Crippen LogP contribution in [0.3, 0.4) is 0 Å². The van der Waals surface area contributed by atoms with Crippen LogP contribution >= 0.6 is 15.9 Å². The molecule has 0 heterocycles. The molecule has 0 radical (unpaired) electrons. The minimum absolute atomic E-state index is 0.00558. The van der Waals surface area contributed by atoms with Gasteiger partial charge in [-0.3, -0.25) is 4.79 Å². The Morgan fingerprint density at radius 1 is 1.36 bits per heavy atom. The number of ether oxygens (including phenoxy) is 1. The third-order valence-electron chi connectivity index (χ3n) is 3.12. The fraction of sp³-hybridized carbons (Fsp3) is 0.0526. The van der Waals surface area contributed by atoms with Crippen LogP contribution in [0.25, 0.3) is 6.08 Å². The van der Waals surface area contributed by atoms with Gasteiger partial charge in [0, 0.05) is 10.0 Å². The number of carbonyl (C=O) groups excluding carboxylic acids is 1. The Balaban J connectivity index is 2.32. The van der Waals surface area contributed by atoms with E-state index >= 15 is 0 Å². The summed E-state index contributed by atoms with van der Waals surface area (Å²) in [6.07, 6.45) is 2.98. The van der Waals surface area contributed by atoms with Crippen LogP contribution in [0.15, 0.2) is 65.2 Å². The Labute approximate surface area is 153 Å². The van der Waals surface area contributed by atoms with Crippen LogP contribution in [0.2, 0.25) is 0 Å². The van der Waals surface area contributed by atoms with E-state index in [0.29, 0.717) is 11.3 Å². The molecule has 2 aromatic rings. The molecule has 0 bridgehead atoms. The van der Waals surface area contributed by atoms with Crippen molar-refractivity contribution >= 4 is 33.6 Å². The minimum Gasteiger partial charge on any atom is -0.489 e. The summed E-state index contributed by atoms with van der Waals surface area (Å²) in [4.78, 5) is 12.3. The molecule has 1 N–H and O–H groups in total. The van der Waals surface area contributed by atoms with E-state index in [1.165, 1.54) is 24.3 Å². The number of anilines is 1. The van der Waals surface area contributed by atoms with Gasteiger partial charge in [-0.25, -0.2) is 4.39 Å². The highest BCUT2D eigenvalue weighted by Crippen LogP contribution is 2.26. The van der Waals surface area contributed by atoms with Crippen LogP contribution in [-0.2, 0) is 4.79 Å². The van der Waals surface area contributed by atoms with Crippen LogP contribution in [0.5, 0.6) is 5.75 Å². The smallest absolute Gasteiger partial charge is 0.266 e. The first-order valence-corrected chi connectivity index (χ1v) is 8.05. The topological polar surface area (TPSA) is 62.1 Å². The lowest BCUT2D eigenvalue weighted by atomic mass is 10.1. The van der Waals surface area contributed by atoms with Crippen LogP contribution in [-0.4, -0.2) is 12.5 Å². The summed E-state index contributed by atoms with van der Waals surface area (Å²) in [5.41, 5.74) is 0.368. The number of hydrogen-bond acceptors (Lipinski definition) is 3. The lowest BCUT2D eigenvalue weighted by Gasteiger charge is -2.09. The summed E-state index contributed by atoms with van der Waals surface area (Å²) in [7, 11) is 0. The van der Waals surface area contributed by atoms with Crippen LogP contribution in [0, 0.1) is 17.1 Å². The summed E-state index contributed by atoms with van der Waals surface area (Å²) < 4.78 is 19.9. The number of nitrogens with zero attached hydrogens (tertiary/aromatic N) is 1. The molecule has 126 valence electrons. The second-order valence-electron chi connectivity index (χ2n) is 4.89. The molecule has 1 amide bonds. The van der Waals surface area contributed by atoms with Crippen molar-refractivity contribution in [1.82, 2.24) is 0 Å². The van der Waals surface area contributed by atoms with E-state index in [2.05, 4.69) is 27.8 Å². The lowest BCUT2D eigenvalue weighted by Crippen LogP contribution is -2.14. The summed E-state index contributed by atoms with van der Waals surface area (Å²) in [5.74, 6) is -0.789. The number of nitriles is 1. The van der Waals surface area contributed by atoms with Crippen molar-refractivity contribution in [3.05, 3.63) is 76.5 Å². The molecule has 6 heteroatoms. The zero-order valence-corrected chi connectivity index (χ0v) is 14.7. The molecule has 0 spiro atoms. The molecule has 0 atom stereocenters. The highest BCUT2D eigenvalue weighted by molar-refractivity contribution is 9.10. The van der Waals surface area contributed by atoms with Gasteiger partial charge in [-0.2, -0.15) is 5.26 Å². The van der Waals surface area contributed by atoms with Crippen molar-refractivity contribution in [2.24, 2.45) is 0 Å². The predicted molar refractivity (Wildman–Crippen MR) is 98.5 cm³/mol. The molecule has 0 fully saturated rings. The molecule has 0 saturated carbocycles. The van der Waals surface area contributed by atoms with Crippen molar-refractivity contribution in [1.29, 1.82) is 5.26 Å². The van der Waals surface area contributed by atoms with Crippen LogP contribution < -0.4 is 10.1 Å². The first kappa shape index (κ1) is 18.4. The molecule has 0 aliphatic rings.